The summed E-state index contributed by atoms with van der Waals surface area (Å²) >= 11 is 5.84. The Bertz CT molecular complexity index is 381. The van der Waals surface area contributed by atoms with E-state index >= 15 is 0 Å². The van der Waals surface area contributed by atoms with Crippen LogP contribution in [0.2, 0.25) is 0 Å². The summed E-state index contributed by atoms with van der Waals surface area (Å²) in [6.45, 7) is 6.31. The summed E-state index contributed by atoms with van der Waals surface area (Å²) in [6, 6.07) is 10.9. The Morgan fingerprint density at radius 2 is 1.89 bits per heavy atom. The SMILES string of the molecule is CN(C=NC(C)(C)C)C(CCCCl)c1ccccc1. The van der Waals surface area contributed by atoms with Crippen molar-refractivity contribution in [2.45, 2.75) is 45.2 Å². The van der Waals surface area contributed by atoms with Gasteiger partial charge in [-0.3, -0.25) is 4.99 Å². The number of aliphatic imine (C=N–C) groups is 1. The Hall–Kier alpha value is -1.02. The van der Waals surface area contributed by atoms with Crippen molar-refractivity contribution in [3.63, 3.8) is 0 Å². The molecule has 0 saturated heterocycles. The molecule has 1 unspecified atom stereocenters. The lowest BCUT2D eigenvalue weighted by Gasteiger charge is -2.27. The van der Waals surface area contributed by atoms with Crippen molar-refractivity contribution in [1.29, 1.82) is 0 Å². The van der Waals surface area contributed by atoms with E-state index in [2.05, 4.69) is 62.0 Å². The van der Waals surface area contributed by atoms with Gasteiger partial charge in [-0.05, 0) is 39.2 Å². The first kappa shape index (κ1) is 16.0. The van der Waals surface area contributed by atoms with Gasteiger partial charge in [0.25, 0.3) is 0 Å². The van der Waals surface area contributed by atoms with Crippen molar-refractivity contribution in [3.05, 3.63) is 35.9 Å². The van der Waals surface area contributed by atoms with Crippen LogP contribution in [-0.2, 0) is 0 Å². The van der Waals surface area contributed by atoms with Crippen molar-refractivity contribution >= 4 is 17.9 Å². The number of rotatable bonds is 6. The fourth-order valence-corrected chi connectivity index (χ4v) is 2.05. The summed E-state index contributed by atoms with van der Waals surface area (Å²) in [5.41, 5.74) is 1.28. The Morgan fingerprint density at radius 3 is 2.42 bits per heavy atom. The predicted octanol–water partition coefficient (Wildman–Crippen LogP) is 4.51. The predicted molar refractivity (Wildman–Crippen MR) is 85.1 cm³/mol. The number of hydrogen-bond acceptors (Lipinski definition) is 1. The zero-order valence-corrected chi connectivity index (χ0v) is 13.2. The van der Waals surface area contributed by atoms with Gasteiger partial charge in [0.2, 0.25) is 0 Å². The van der Waals surface area contributed by atoms with Gasteiger partial charge in [0.05, 0.1) is 17.9 Å². The topological polar surface area (TPSA) is 15.6 Å². The molecule has 0 aliphatic carbocycles. The van der Waals surface area contributed by atoms with Crippen LogP contribution in [0, 0.1) is 0 Å². The second-order valence-electron chi connectivity index (χ2n) is 5.84. The van der Waals surface area contributed by atoms with Crippen molar-refractivity contribution in [2.24, 2.45) is 4.99 Å². The highest BCUT2D eigenvalue weighted by molar-refractivity contribution is 6.17. The van der Waals surface area contributed by atoms with Crippen LogP contribution >= 0.6 is 11.6 Å². The summed E-state index contributed by atoms with van der Waals surface area (Å²) in [4.78, 5) is 6.77. The van der Waals surface area contributed by atoms with E-state index in [-0.39, 0.29) is 5.54 Å². The van der Waals surface area contributed by atoms with Gasteiger partial charge in [-0.1, -0.05) is 30.3 Å². The molecule has 0 N–H and O–H groups in total. The molecule has 0 aliphatic rings. The van der Waals surface area contributed by atoms with Gasteiger partial charge in [0.1, 0.15) is 0 Å². The van der Waals surface area contributed by atoms with E-state index in [0.717, 1.165) is 12.8 Å². The van der Waals surface area contributed by atoms with Gasteiger partial charge in [0, 0.05) is 12.9 Å². The second kappa shape index (κ2) is 7.54. The normalized spacial score (nSPS) is 13.7. The van der Waals surface area contributed by atoms with E-state index < -0.39 is 0 Å². The molecule has 0 fully saturated rings. The lowest BCUT2D eigenvalue weighted by molar-refractivity contribution is 0.357. The first-order valence-corrected chi connectivity index (χ1v) is 7.35. The smallest absolute Gasteiger partial charge is 0.0858 e. The first-order chi connectivity index (χ1) is 8.94. The number of halogens is 1. The van der Waals surface area contributed by atoms with Gasteiger partial charge in [-0.2, -0.15) is 0 Å². The van der Waals surface area contributed by atoms with Crippen LogP contribution in [0.3, 0.4) is 0 Å². The quantitative estimate of drug-likeness (QED) is 0.425. The average Bonchev–Trinajstić information content (AvgIpc) is 2.37. The van der Waals surface area contributed by atoms with Gasteiger partial charge >= 0.3 is 0 Å². The van der Waals surface area contributed by atoms with E-state index in [4.69, 9.17) is 11.6 Å². The Kier molecular flexibility index (Phi) is 6.36. The van der Waals surface area contributed by atoms with Gasteiger partial charge < -0.3 is 4.90 Å². The molecule has 0 spiro atoms. The second-order valence-corrected chi connectivity index (χ2v) is 6.22. The van der Waals surface area contributed by atoms with Crippen LogP contribution in [0.15, 0.2) is 35.3 Å². The molecule has 0 saturated carbocycles. The van der Waals surface area contributed by atoms with Gasteiger partial charge in [-0.25, -0.2) is 0 Å². The van der Waals surface area contributed by atoms with E-state index in [1.165, 1.54) is 5.56 Å². The molecule has 0 amide bonds. The largest absolute Gasteiger partial charge is 0.359 e. The molecule has 0 heterocycles. The van der Waals surface area contributed by atoms with Crippen LogP contribution in [0.4, 0.5) is 0 Å². The number of alkyl halides is 1. The molecule has 19 heavy (non-hydrogen) atoms. The number of nitrogens with zero attached hydrogens (tertiary/aromatic N) is 2. The molecule has 1 atom stereocenters. The van der Waals surface area contributed by atoms with Crippen LogP contribution < -0.4 is 0 Å². The fraction of sp³-hybridized carbons (Fsp3) is 0.562. The third kappa shape index (κ3) is 6.11. The molecular formula is C16H25ClN2. The number of benzene rings is 1. The third-order valence-corrected chi connectivity index (χ3v) is 3.18. The highest BCUT2D eigenvalue weighted by Crippen LogP contribution is 2.24. The molecule has 1 aromatic carbocycles. The molecule has 0 aliphatic heterocycles. The molecular weight excluding hydrogens is 256 g/mol. The van der Waals surface area contributed by atoms with Crippen LogP contribution in [-0.4, -0.2) is 29.7 Å². The highest BCUT2D eigenvalue weighted by Gasteiger charge is 2.15. The van der Waals surface area contributed by atoms with Crippen molar-refractivity contribution in [1.82, 2.24) is 4.90 Å². The Labute approximate surface area is 122 Å². The average molecular weight is 281 g/mol. The molecule has 106 valence electrons. The maximum atomic E-state index is 5.84. The van der Waals surface area contributed by atoms with Gasteiger partial charge in [0.15, 0.2) is 0 Å². The van der Waals surface area contributed by atoms with Crippen molar-refractivity contribution in [3.8, 4) is 0 Å². The van der Waals surface area contributed by atoms with Crippen LogP contribution in [0.5, 0.6) is 0 Å². The zero-order valence-electron chi connectivity index (χ0n) is 12.4. The minimum atomic E-state index is -0.0397. The summed E-state index contributed by atoms with van der Waals surface area (Å²) < 4.78 is 0. The van der Waals surface area contributed by atoms with Gasteiger partial charge in [-0.15, -0.1) is 11.6 Å². The lowest BCUT2D eigenvalue weighted by atomic mass is 10.0. The van der Waals surface area contributed by atoms with Crippen LogP contribution in [0.1, 0.15) is 45.2 Å². The Morgan fingerprint density at radius 1 is 1.26 bits per heavy atom. The molecule has 3 heteroatoms. The van der Waals surface area contributed by atoms with Crippen molar-refractivity contribution < 1.29 is 0 Å². The number of hydrogen-bond donors (Lipinski definition) is 0. The molecule has 1 rings (SSSR count). The van der Waals surface area contributed by atoms with E-state index in [1.807, 2.05) is 12.4 Å². The third-order valence-electron chi connectivity index (χ3n) is 2.91. The van der Waals surface area contributed by atoms with E-state index in [9.17, 15) is 0 Å². The molecule has 0 aromatic heterocycles. The Balaban J connectivity index is 2.82. The minimum Gasteiger partial charge on any atom is -0.359 e. The summed E-state index contributed by atoms with van der Waals surface area (Å²) in [6.07, 6.45) is 4.00. The maximum absolute atomic E-state index is 5.84. The summed E-state index contributed by atoms with van der Waals surface area (Å²) in [5.74, 6) is 0.702. The van der Waals surface area contributed by atoms with Crippen molar-refractivity contribution in [2.75, 3.05) is 12.9 Å². The molecule has 2 nitrogen and oxygen atoms in total. The van der Waals surface area contributed by atoms with E-state index in [0.29, 0.717) is 11.9 Å². The lowest BCUT2D eigenvalue weighted by Crippen LogP contribution is -2.25. The van der Waals surface area contributed by atoms with E-state index in [1.54, 1.807) is 0 Å². The minimum absolute atomic E-state index is 0.0397. The summed E-state index contributed by atoms with van der Waals surface area (Å²) in [5, 5.41) is 0. The molecule has 0 radical (unpaired) electrons. The highest BCUT2D eigenvalue weighted by atomic mass is 35.5. The standard InChI is InChI=1S/C16H25ClN2/c1-16(2,3)18-13-19(4)15(11-8-12-17)14-9-6-5-7-10-14/h5-7,9-10,13,15H,8,11-12H2,1-4H3. The molecule has 0 bridgehead atoms. The molecule has 1 aromatic rings. The fourth-order valence-electron chi connectivity index (χ4n) is 1.90. The first-order valence-electron chi connectivity index (χ1n) is 6.82. The van der Waals surface area contributed by atoms with Crippen LogP contribution in [0.25, 0.3) is 0 Å². The maximum Gasteiger partial charge on any atom is 0.0858 e. The zero-order chi connectivity index (χ0) is 14.3. The summed E-state index contributed by atoms with van der Waals surface area (Å²) in [7, 11) is 2.08. The monoisotopic (exact) mass is 280 g/mol.